The van der Waals surface area contributed by atoms with Crippen molar-refractivity contribution in [3.63, 3.8) is 0 Å². The Labute approximate surface area is 132 Å². The fraction of sp³-hybridized carbons (Fsp3) is 0.294. The zero-order chi connectivity index (χ0) is 16.3. The van der Waals surface area contributed by atoms with Gasteiger partial charge in [0, 0.05) is 0 Å². The normalized spacial score (nSPS) is 11.5. The van der Waals surface area contributed by atoms with Crippen molar-refractivity contribution in [1.29, 1.82) is 0 Å². The molecule has 0 heterocycles. The van der Waals surface area contributed by atoms with Crippen LogP contribution in [0.15, 0.2) is 47.4 Å². The van der Waals surface area contributed by atoms with Gasteiger partial charge in [0.15, 0.2) is 0 Å². The van der Waals surface area contributed by atoms with E-state index in [-0.39, 0.29) is 4.90 Å². The number of aryl methyl sites for hydroxylation is 1. The number of methoxy groups -OCH3 is 1. The van der Waals surface area contributed by atoms with E-state index in [1.807, 2.05) is 19.1 Å². The zero-order valence-electron chi connectivity index (χ0n) is 13.3. The van der Waals surface area contributed by atoms with Crippen molar-refractivity contribution in [1.82, 2.24) is 0 Å². The van der Waals surface area contributed by atoms with Crippen LogP contribution in [0.25, 0.3) is 0 Å². The van der Waals surface area contributed by atoms with Crippen molar-refractivity contribution >= 4 is 15.7 Å². The molecule has 5 heteroatoms. The molecule has 4 nitrogen and oxygen atoms in total. The predicted molar refractivity (Wildman–Crippen MR) is 89.1 cm³/mol. The van der Waals surface area contributed by atoms with E-state index in [4.69, 9.17) is 4.74 Å². The molecule has 0 aromatic heterocycles. The number of anilines is 1. The SMILES string of the molecule is COc1ccccc1S(=O)(=O)Nc1ccc(C(C)C)cc1C. The van der Waals surface area contributed by atoms with Crippen LogP contribution in [-0.2, 0) is 10.0 Å². The van der Waals surface area contributed by atoms with Crippen molar-refractivity contribution in [3.8, 4) is 5.75 Å². The molecule has 0 aliphatic rings. The number of nitrogens with one attached hydrogen (secondary N) is 1. The summed E-state index contributed by atoms with van der Waals surface area (Å²) in [7, 11) is -2.23. The van der Waals surface area contributed by atoms with E-state index < -0.39 is 10.0 Å². The molecule has 0 atom stereocenters. The largest absolute Gasteiger partial charge is 0.495 e. The van der Waals surface area contributed by atoms with E-state index in [0.717, 1.165) is 5.56 Å². The van der Waals surface area contributed by atoms with Gasteiger partial charge >= 0.3 is 0 Å². The summed E-state index contributed by atoms with van der Waals surface area (Å²) in [4.78, 5) is 0.129. The first-order valence-electron chi connectivity index (χ1n) is 7.11. The first-order valence-corrected chi connectivity index (χ1v) is 8.60. The fourth-order valence-corrected chi connectivity index (χ4v) is 3.50. The van der Waals surface area contributed by atoms with Gasteiger partial charge < -0.3 is 4.74 Å². The number of ether oxygens (including phenoxy) is 1. The van der Waals surface area contributed by atoms with E-state index in [2.05, 4.69) is 18.6 Å². The quantitative estimate of drug-likeness (QED) is 0.908. The monoisotopic (exact) mass is 319 g/mol. The van der Waals surface area contributed by atoms with Crippen molar-refractivity contribution < 1.29 is 13.2 Å². The summed E-state index contributed by atoms with van der Waals surface area (Å²) >= 11 is 0. The van der Waals surface area contributed by atoms with Crippen LogP contribution >= 0.6 is 0 Å². The van der Waals surface area contributed by atoms with Crippen molar-refractivity contribution in [2.24, 2.45) is 0 Å². The summed E-state index contributed by atoms with van der Waals surface area (Å²) in [6.07, 6.45) is 0. The molecule has 0 radical (unpaired) electrons. The van der Waals surface area contributed by atoms with Gasteiger partial charge in [0.05, 0.1) is 12.8 Å². The van der Waals surface area contributed by atoms with Crippen molar-refractivity contribution in [2.75, 3.05) is 11.8 Å². The van der Waals surface area contributed by atoms with Crippen LogP contribution in [0.5, 0.6) is 5.75 Å². The molecule has 0 unspecified atom stereocenters. The number of hydrogen-bond acceptors (Lipinski definition) is 3. The van der Waals surface area contributed by atoms with Crippen molar-refractivity contribution in [3.05, 3.63) is 53.6 Å². The van der Waals surface area contributed by atoms with Gasteiger partial charge in [0.25, 0.3) is 10.0 Å². The summed E-state index contributed by atoms with van der Waals surface area (Å²) in [5.41, 5.74) is 2.65. The molecule has 0 amide bonds. The highest BCUT2D eigenvalue weighted by Crippen LogP contribution is 2.27. The number of para-hydroxylation sites is 1. The molecule has 2 aromatic rings. The smallest absolute Gasteiger partial charge is 0.265 e. The van der Waals surface area contributed by atoms with Crippen LogP contribution in [0.3, 0.4) is 0 Å². The maximum Gasteiger partial charge on any atom is 0.265 e. The summed E-state index contributed by atoms with van der Waals surface area (Å²) < 4.78 is 32.9. The zero-order valence-corrected chi connectivity index (χ0v) is 14.1. The highest BCUT2D eigenvalue weighted by Gasteiger charge is 2.19. The molecule has 118 valence electrons. The van der Waals surface area contributed by atoms with Crippen LogP contribution in [0, 0.1) is 6.92 Å². The van der Waals surface area contributed by atoms with E-state index in [0.29, 0.717) is 17.4 Å². The van der Waals surface area contributed by atoms with Gasteiger partial charge in [-0.25, -0.2) is 8.42 Å². The topological polar surface area (TPSA) is 55.4 Å². The molecule has 0 spiro atoms. The van der Waals surface area contributed by atoms with Gasteiger partial charge in [0.2, 0.25) is 0 Å². The van der Waals surface area contributed by atoms with Gasteiger partial charge in [-0.15, -0.1) is 0 Å². The molecule has 0 saturated heterocycles. The average Bonchev–Trinajstić information content (AvgIpc) is 2.49. The highest BCUT2D eigenvalue weighted by atomic mass is 32.2. The Balaban J connectivity index is 2.37. The van der Waals surface area contributed by atoms with Gasteiger partial charge in [0.1, 0.15) is 10.6 Å². The molecular weight excluding hydrogens is 298 g/mol. The Kier molecular flexibility index (Phi) is 4.76. The van der Waals surface area contributed by atoms with E-state index in [1.165, 1.54) is 18.7 Å². The molecule has 0 aliphatic heterocycles. The predicted octanol–water partition coefficient (Wildman–Crippen LogP) is 3.93. The minimum absolute atomic E-state index is 0.129. The summed E-state index contributed by atoms with van der Waals surface area (Å²) in [6, 6.07) is 12.3. The van der Waals surface area contributed by atoms with Crippen LogP contribution in [0.4, 0.5) is 5.69 Å². The lowest BCUT2D eigenvalue weighted by Gasteiger charge is -2.14. The van der Waals surface area contributed by atoms with Crippen LogP contribution < -0.4 is 9.46 Å². The van der Waals surface area contributed by atoms with Gasteiger partial charge in [-0.05, 0) is 42.2 Å². The Morgan fingerprint density at radius 1 is 1.09 bits per heavy atom. The van der Waals surface area contributed by atoms with E-state index >= 15 is 0 Å². The summed E-state index contributed by atoms with van der Waals surface area (Å²) in [5.74, 6) is 0.727. The maximum absolute atomic E-state index is 12.6. The second kappa shape index (κ2) is 6.40. The van der Waals surface area contributed by atoms with E-state index in [9.17, 15) is 8.42 Å². The van der Waals surface area contributed by atoms with Crippen LogP contribution in [-0.4, -0.2) is 15.5 Å². The standard InChI is InChI=1S/C17H21NO3S/c1-12(2)14-9-10-15(13(3)11-14)18-22(19,20)17-8-6-5-7-16(17)21-4/h5-12,18H,1-4H3. The summed E-state index contributed by atoms with van der Waals surface area (Å²) in [6.45, 7) is 6.10. The van der Waals surface area contributed by atoms with Crippen LogP contribution in [0.1, 0.15) is 30.9 Å². The molecule has 2 rings (SSSR count). The molecule has 22 heavy (non-hydrogen) atoms. The van der Waals surface area contributed by atoms with Gasteiger partial charge in [-0.2, -0.15) is 0 Å². The molecule has 0 bridgehead atoms. The summed E-state index contributed by atoms with van der Waals surface area (Å²) in [5, 5.41) is 0. The van der Waals surface area contributed by atoms with Gasteiger partial charge in [-0.1, -0.05) is 38.1 Å². The Morgan fingerprint density at radius 3 is 2.36 bits per heavy atom. The third kappa shape index (κ3) is 3.42. The van der Waals surface area contributed by atoms with Gasteiger partial charge in [-0.3, -0.25) is 4.72 Å². The lowest BCUT2D eigenvalue weighted by molar-refractivity contribution is 0.403. The minimum atomic E-state index is -3.69. The second-order valence-corrected chi connectivity index (χ2v) is 7.14. The average molecular weight is 319 g/mol. The highest BCUT2D eigenvalue weighted by molar-refractivity contribution is 7.92. The third-order valence-electron chi connectivity index (χ3n) is 3.52. The molecular formula is C17H21NO3S. The number of rotatable bonds is 5. The second-order valence-electron chi connectivity index (χ2n) is 5.49. The number of sulfonamides is 1. The van der Waals surface area contributed by atoms with Crippen LogP contribution in [0.2, 0.25) is 0 Å². The molecule has 0 fully saturated rings. The lowest BCUT2D eigenvalue weighted by atomic mass is 10.0. The Bertz CT molecular complexity index is 767. The van der Waals surface area contributed by atoms with E-state index in [1.54, 1.807) is 24.3 Å². The first kappa shape index (κ1) is 16.4. The lowest BCUT2D eigenvalue weighted by Crippen LogP contribution is -2.15. The Morgan fingerprint density at radius 2 is 1.77 bits per heavy atom. The maximum atomic E-state index is 12.6. The fourth-order valence-electron chi connectivity index (χ4n) is 2.20. The third-order valence-corrected chi connectivity index (χ3v) is 4.92. The Hall–Kier alpha value is -2.01. The first-order chi connectivity index (χ1) is 10.3. The number of hydrogen-bond donors (Lipinski definition) is 1. The molecule has 0 saturated carbocycles. The van der Waals surface area contributed by atoms with Crippen molar-refractivity contribution in [2.45, 2.75) is 31.6 Å². The number of benzene rings is 2. The molecule has 0 aliphatic carbocycles. The molecule has 2 aromatic carbocycles. The minimum Gasteiger partial charge on any atom is -0.495 e. The molecule has 1 N–H and O–H groups in total.